The minimum atomic E-state index is -0.814. The first-order chi connectivity index (χ1) is 7.72. The molecule has 0 aliphatic rings. The Morgan fingerprint density at radius 2 is 2.00 bits per heavy atom. The third kappa shape index (κ3) is 2.83. The second kappa shape index (κ2) is 5.92. The summed E-state index contributed by atoms with van der Waals surface area (Å²) in [7, 11) is 0. The van der Waals surface area contributed by atoms with E-state index in [-0.39, 0.29) is 0 Å². The highest BCUT2D eigenvalue weighted by Crippen LogP contribution is 2.17. The summed E-state index contributed by atoms with van der Waals surface area (Å²) >= 11 is 0. The van der Waals surface area contributed by atoms with Gasteiger partial charge in [0.05, 0.1) is 12.7 Å². The van der Waals surface area contributed by atoms with Crippen LogP contribution in [0.25, 0.3) is 0 Å². The summed E-state index contributed by atoms with van der Waals surface area (Å²) in [6, 6.07) is 9.44. The summed E-state index contributed by atoms with van der Waals surface area (Å²) in [5.74, 6) is -1.29. The van der Waals surface area contributed by atoms with E-state index in [2.05, 4.69) is 6.92 Å². The second-order valence-electron chi connectivity index (χ2n) is 3.41. The van der Waals surface area contributed by atoms with Crippen LogP contribution >= 0.6 is 0 Å². The Morgan fingerprint density at radius 3 is 2.44 bits per heavy atom. The van der Waals surface area contributed by atoms with Crippen LogP contribution in [0.2, 0.25) is 0 Å². The lowest BCUT2D eigenvalue weighted by Crippen LogP contribution is -2.14. The SMILES string of the molecule is CCOC(=O)[C@@H](C#N)c1ccc(CC)cc1. The van der Waals surface area contributed by atoms with Crippen molar-refractivity contribution in [1.29, 1.82) is 5.26 Å². The molecule has 0 aliphatic heterocycles. The van der Waals surface area contributed by atoms with Gasteiger partial charge in [0, 0.05) is 0 Å². The van der Waals surface area contributed by atoms with E-state index < -0.39 is 11.9 Å². The molecule has 16 heavy (non-hydrogen) atoms. The molecular formula is C13H15NO2. The van der Waals surface area contributed by atoms with Gasteiger partial charge in [0.25, 0.3) is 0 Å². The van der Waals surface area contributed by atoms with Gasteiger partial charge in [-0.05, 0) is 24.5 Å². The largest absolute Gasteiger partial charge is 0.465 e. The maximum atomic E-state index is 11.5. The number of nitrogens with zero attached hydrogens (tertiary/aromatic N) is 1. The molecule has 0 spiro atoms. The molecule has 3 heteroatoms. The summed E-state index contributed by atoms with van der Waals surface area (Å²) in [6.07, 6.45) is 0.941. The van der Waals surface area contributed by atoms with Crippen molar-refractivity contribution >= 4 is 5.97 Å². The Hall–Kier alpha value is -1.82. The summed E-state index contributed by atoms with van der Waals surface area (Å²) in [5.41, 5.74) is 1.88. The predicted octanol–water partition coefficient (Wildman–Crippen LogP) is 2.42. The molecule has 0 amide bonds. The highest BCUT2D eigenvalue weighted by atomic mass is 16.5. The Bertz CT molecular complexity index is 389. The fourth-order valence-corrected chi connectivity index (χ4v) is 1.43. The number of ether oxygens (including phenoxy) is 1. The van der Waals surface area contributed by atoms with E-state index in [0.717, 1.165) is 6.42 Å². The van der Waals surface area contributed by atoms with Crippen molar-refractivity contribution in [3.63, 3.8) is 0 Å². The molecule has 1 aromatic rings. The van der Waals surface area contributed by atoms with E-state index >= 15 is 0 Å². The Labute approximate surface area is 95.7 Å². The van der Waals surface area contributed by atoms with Gasteiger partial charge in [-0.15, -0.1) is 0 Å². The van der Waals surface area contributed by atoms with Gasteiger partial charge < -0.3 is 4.74 Å². The van der Waals surface area contributed by atoms with Crippen LogP contribution in [-0.4, -0.2) is 12.6 Å². The minimum Gasteiger partial charge on any atom is -0.465 e. The second-order valence-corrected chi connectivity index (χ2v) is 3.41. The lowest BCUT2D eigenvalue weighted by molar-refractivity contribution is -0.143. The molecule has 0 unspecified atom stereocenters. The Morgan fingerprint density at radius 1 is 1.38 bits per heavy atom. The molecule has 0 saturated carbocycles. The lowest BCUT2D eigenvalue weighted by atomic mass is 9.99. The fourth-order valence-electron chi connectivity index (χ4n) is 1.43. The normalized spacial score (nSPS) is 11.6. The van der Waals surface area contributed by atoms with Crippen LogP contribution in [0.1, 0.15) is 30.9 Å². The van der Waals surface area contributed by atoms with Crippen molar-refractivity contribution in [2.75, 3.05) is 6.61 Å². The molecule has 3 nitrogen and oxygen atoms in total. The molecule has 0 aliphatic carbocycles. The van der Waals surface area contributed by atoms with Crippen molar-refractivity contribution < 1.29 is 9.53 Å². The van der Waals surface area contributed by atoms with Gasteiger partial charge >= 0.3 is 5.97 Å². The third-order valence-electron chi connectivity index (χ3n) is 2.37. The van der Waals surface area contributed by atoms with E-state index in [0.29, 0.717) is 12.2 Å². The lowest BCUT2D eigenvalue weighted by Gasteiger charge is -2.08. The van der Waals surface area contributed by atoms with Crippen LogP contribution in [0.3, 0.4) is 0 Å². The summed E-state index contributed by atoms with van der Waals surface area (Å²) < 4.78 is 4.84. The first-order valence-electron chi connectivity index (χ1n) is 5.38. The average Bonchev–Trinajstić information content (AvgIpc) is 2.31. The molecule has 1 atom stereocenters. The summed E-state index contributed by atoms with van der Waals surface area (Å²) in [4.78, 5) is 11.5. The number of nitriles is 1. The molecule has 0 saturated heterocycles. The molecule has 0 aromatic heterocycles. The summed E-state index contributed by atoms with van der Waals surface area (Å²) in [6.45, 7) is 4.08. The van der Waals surface area contributed by atoms with Gasteiger partial charge in [0.1, 0.15) is 0 Å². The van der Waals surface area contributed by atoms with Crippen molar-refractivity contribution in [2.45, 2.75) is 26.2 Å². The molecular weight excluding hydrogens is 202 g/mol. The maximum absolute atomic E-state index is 11.5. The zero-order valence-electron chi connectivity index (χ0n) is 9.56. The maximum Gasteiger partial charge on any atom is 0.327 e. The first kappa shape index (κ1) is 12.3. The quantitative estimate of drug-likeness (QED) is 0.728. The van der Waals surface area contributed by atoms with E-state index in [9.17, 15) is 4.79 Å². The van der Waals surface area contributed by atoms with Crippen molar-refractivity contribution in [2.24, 2.45) is 0 Å². The van der Waals surface area contributed by atoms with Crippen LogP contribution in [0, 0.1) is 11.3 Å². The van der Waals surface area contributed by atoms with Crippen LogP contribution in [-0.2, 0) is 16.0 Å². The van der Waals surface area contributed by atoms with Crippen molar-refractivity contribution in [3.8, 4) is 6.07 Å². The summed E-state index contributed by atoms with van der Waals surface area (Å²) in [5, 5.41) is 8.95. The number of hydrogen-bond acceptors (Lipinski definition) is 3. The molecule has 0 N–H and O–H groups in total. The number of rotatable bonds is 4. The molecule has 0 fully saturated rings. The number of benzene rings is 1. The van der Waals surface area contributed by atoms with Crippen molar-refractivity contribution in [1.82, 2.24) is 0 Å². The molecule has 84 valence electrons. The first-order valence-corrected chi connectivity index (χ1v) is 5.38. The van der Waals surface area contributed by atoms with E-state index in [4.69, 9.17) is 10.00 Å². The van der Waals surface area contributed by atoms with Crippen molar-refractivity contribution in [3.05, 3.63) is 35.4 Å². The molecule has 0 heterocycles. The zero-order valence-corrected chi connectivity index (χ0v) is 9.56. The number of hydrogen-bond donors (Lipinski definition) is 0. The van der Waals surface area contributed by atoms with Crippen LogP contribution in [0.15, 0.2) is 24.3 Å². The van der Waals surface area contributed by atoms with Gasteiger partial charge in [0.2, 0.25) is 0 Å². The van der Waals surface area contributed by atoms with Gasteiger partial charge in [-0.1, -0.05) is 31.2 Å². The van der Waals surface area contributed by atoms with Crippen LogP contribution in [0.4, 0.5) is 0 Å². The molecule has 0 bridgehead atoms. The van der Waals surface area contributed by atoms with Gasteiger partial charge in [-0.25, -0.2) is 0 Å². The van der Waals surface area contributed by atoms with Gasteiger partial charge in [0.15, 0.2) is 5.92 Å². The monoisotopic (exact) mass is 217 g/mol. The van der Waals surface area contributed by atoms with Gasteiger partial charge in [-0.2, -0.15) is 5.26 Å². The molecule has 1 aromatic carbocycles. The average molecular weight is 217 g/mol. The number of aryl methyl sites for hydroxylation is 1. The number of esters is 1. The number of carbonyl (C=O) groups excluding carboxylic acids is 1. The molecule has 1 rings (SSSR count). The standard InChI is InChI=1S/C13H15NO2/c1-3-10-5-7-11(8-6-10)12(9-14)13(15)16-4-2/h5-8,12H,3-4H2,1-2H3/t12-/m0/s1. The predicted molar refractivity (Wildman–Crippen MR) is 60.8 cm³/mol. The third-order valence-corrected chi connectivity index (χ3v) is 2.37. The van der Waals surface area contributed by atoms with Crippen LogP contribution < -0.4 is 0 Å². The number of carbonyl (C=O) groups is 1. The van der Waals surface area contributed by atoms with E-state index in [1.54, 1.807) is 6.92 Å². The van der Waals surface area contributed by atoms with Crippen LogP contribution in [0.5, 0.6) is 0 Å². The Balaban J connectivity index is 2.88. The zero-order chi connectivity index (χ0) is 12.0. The molecule has 0 radical (unpaired) electrons. The topological polar surface area (TPSA) is 50.1 Å². The highest BCUT2D eigenvalue weighted by Gasteiger charge is 2.20. The highest BCUT2D eigenvalue weighted by molar-refractivity contribution is 5.81. The van der Waals surface area contributed by atoms with E-state index in [1.165, 1.54) is 5.56 Å². The smallest absolute Gasteiger partial charge is 0.327 e. The fraction of sp³-hybridized carbons (Fsp3) is 0.385. The minimum absolute atomic E-state index is 0.296. The Kier molecular flexibility index (Phi) is 4.53. The van der Waals surface area contributed by atoms with Gasteiger partial charge in [-0.3, -0.25) is 4.79 Å². The van der Waals surface area contributed by atoms with E-state index in [1.807, 2.05) is 30.3 Å².